The molecule has 0 aliphatic carbocycles. The van der Waals surface area contributed by atoms with E-state index in [1.807, 2.05) is 0 Å². The molecule has 1 aromatic heterocycles. The van der Waals surface area contributed by atoms with E-state index in [1.54, 1.807) is 0 Å². The number of carboxylic acids is 1. The van der Waals surface area contributed by atoms with Crippen molar-refractivity contribution in [1.29, 1.82) is 0 Å². The van der Waals surface area contributed by atoms with Crippen molar-refractivity contribution in [1.82, 2.24) is 10.6 Å². The Morgan fingerprint density at radius 3 is 2.48 bits per heavy atom. The van der Waals surface area contributed by atoms with Gasteiger partial charge in [0.05, 0.1) is 6.26 Å². The maximum atomic E-state index is 13.0. The molecule has 0 atom stereocenters. The van der Waals surface area contributed by atoms with Crippen LogP contribution in [0.25, 0.3) is 6.08 Å². The number of furan rings is 1. The molecule has 0 radical (unpaired) electrons. The topological polar surface area (TPSA) is 111 Å². The first kappa shape index (κ1) is 17.9. The van der Waals surface area contributed by atoms with Crippen LogP contribution >= 0.6 is 0 Å². The predicted octanol–water partition coefficient (Wildman–Crippen LogP) is 0.446. The maximum Gasteiger partial charge on any atom is 0.291 e. The Morgan fingerprint density at radius 1 is 1.16 bits per heavy atom. The summed E-state index contributed by atoms with van der Waals surface area (Å²) in [7, 11) is 0. The SMILES string of the molecule is O=C([O-])CCNC(=O)/C(=C\c1ccc(F)cc1)NC(=O)c1ccco1. The quantitative estimate of drug-likeness (QED) is 0.708. The van der Waals surface area contributed by atoms with Gasteiger partial charge in [0.25, 0.3) is 11.8 Å². The van der Waals surface area contributed by atoms with Gasteiger partial charge in [-0.1, -0.05) is 12.1 Å². The summed E-state index contributed by atoms with van der Waals surface area (Å²) in [5, 5.41) is 15.1. The summed E-state index contributed by atoms with van der Waals surface area (Å²) in [4.78, 5) is 34.7. The fourth-order valence-corrected chi connectivity index (χ4v) is 1.85. The minimum Gasteiger partial charge on any atom is -0.550 e. The molecule has 0 spiro atoms. The van der Waals surface area contributed by atoms with Gasteiger partial charge >= 0.3 is 0 Å². The van der Waals surface area contributed by atoms with E-state index in [0.717, 1.165) is 0 Å². The van der Waals surface area contributed by atoms with E-state index in [9.17, 15) is 23.9 Å². The van der Waals surface area contributed by atoms with E-state index in [0.29, 0.717) is 5.56 Å². The molecule has 2 amide bonds. The van der Waals surface area contributed by atoms with Crippen molar-refractivity contribution in [3.8, 4) is 0 Å². The second kappa shape index (κ2) is 8.44. The molecule has 0 aliphatic rings. The van der Waals surface area contributed by atoms with Crippen LogP contribution < -0.4 is 15.7 Å². The zero-order chi connectivity index (χ0) is 18.2. The van der Waals surface area contributed by atoms with Crippen LogP contribution in [0.2, 0.25) is 0 Å². The molecule has 2 rings (SSSR count). The number of nitrogens with one attached hydrogen (secondary N) is 2. The van der Waals surface area contributed by atoms with Crippen LogP contribution in [0.5, 0.6) is 0 Å². The normalized spacial score (nSPS) is 11.0. The van der Waals surface area contributed by atoms with E-state index in [1.165, 1.54) is 48.7 Å². The van der Waals surface area contributed by atoms with Gasteiger partial charge in [0.1, 0.15) is 11.5 Å². The molecule has 0 unspecified atom stereocenters. The largest absolute Gasteiger partial charge is 0.550 e. The molecule has 1 heterocycles. The molecular weight excluding hydrogens is 331 g/mol. The van der Waals surface area contributed by atoms with Gasteiger partial charge in [-0.05, 0) is 35.9 Å². The lowest BCUT2D eigenvalue weighted by molar-refractivity contribution is -0.305. The summed E-state index contributed by atoms with van der Waals surface area (Å²) in [6, 6.07) is 8.17. The fraction of sp³-hybridized carbons (Fsp3) is 0.118. The van der Waals surface area contributed by atoms with Crippen molar-refractivity contribution < 1.29 is 28.3 Å². The number of hydrogen-bond donors (Lipinski definition) is 2. The molecule has 25 heavy (non-hydrogen) atoms. The third-order valence-electron chi connectivity index (χ3n) is 3.03. The summed E-state index contributed by atoms with van der Waals surface area (Å²) in [5.41, 5.74) is 0.317. The lowest BCUT2D eigenvalue weighted by Gasteiger charge is -2.10. The van der Waals surface area contributed by atoms with Crippen molar-refractivity contribution in [3.63, 3.8) is 0 Å². The average Bonchev–Trinajstić information content (AvgIpc) is 3.10. The van der Waals surface area contributed by atoms with Gasteiger partial charge in [0, 0.05) is 18.9 Å². The number of carbonyl (C=O) groups excluding carboxylic acids is 3. The molecule has 8 heteroatoms. The molecule has 0 bridgehead atoms. The molecule has 0 saturated carbocycles. The van der Waals surface area contributed by atoms with Crippen LogP contribution in [0.15, 0.2) is 52.8 Å². The molecule has 0 aliphatic heterocycles. The van der Waals surface area contributed by atoms with Crippen LogP contribution in [0.4, 0.5) is 4.39 Å². The molecule has 0 saturated heterocycles. The van der Waals surface area contributed by atoms with Gasteiger partial charge < -0.3 is 25.0 Å². The van der Waals surface area contributed by atoms with E-state index in [2.05, 4.69) is 10.6 Å². The van der Waals surface area contributed by atoms with Gasteiger partial charge in [-0.15, -0.1) is 0 Å². The number of carboxylic acid groups (broad SMARTS) is 1. The Morgan fingerprint density at radius 2 is 1.88 bits per heavy atom. The Bertz CT molecular complexity index is 782. The number of halogens is 1. The highest BCUT2D eigenvalue weighted by Crippen LogP contribution is 2.09. The maximum absolute atomic E-state index is 13.0. The third-order valence-corrected chi connectivity index (χ3v) is 3.03. The number of rotatable bonds is 7. The van der Waals surface area contributed by atoms with Crippen molar-refractivity contribution in [3.05, 3.63) is 65.5 Å². The molecule has 1 aromatic carbocycles. The highest BCUT2D eigenvalue weighted by molar-refractivity contribution is 6.04. The van der Waals surface area contributed by atoms with Crippen molar-refractivity contribution in [2.75, 3.05) is 6.54 Å². The summed E-state index contributed by atoms with van der Waals surface area (Å²) >= 11 is 0. The molecule has 2 aromatic rings. The summed E-state index contributed by atoms with van der Waals surface area (Å²) in [5.74, 6) is -3.13. The highest BCUT2D eigenvalue weighted by atomic mass is 19.1. The zero-order valence-corrected chi connectivity index (χ0v) is 13.0. The Balaban J connectivity index is 2.17. The first-order valence-electron chi connectivity index (χ1n) is 7.26. The second-order valence-corrected chi connectivity index (χ2v) is 4.92. The monoisotopic (exact) mass is 345 g/mol. The minimum absolute atomic E-state index is 0.00691. The first-order valence-corrected chi connectivity index (χ1v) is 7.26. The van der Waals surface area contributed by atoms with E-state index in [4.69, 9.17) is 4.42 Å². The lowest BCUT2D eigenvalue weighted by atomic mass is 10.2. The number of carbonyl (C=O) groups is 3. The van der Waals surface area contributed by atoms with E-state index < -0.39 is 23.6 Å². The smallest absolute Gasteiger partial charge is 0.291 e. The van der Waals surface area contributed by atoms with Gasteiger partial charge in [-0.3, -0.25) is 9.59 Å². The average molecular weight is 345 g/mol. The Labute approximate surface area is 142 Å². The molecule has 2 N–H and O–H groups in total. The second-order valence-electron chi connectivity index (χ2n) is 4.92. The Hall–Kier alpha value is -3.42. The fourth-order valence-electron chi connectivity index (χ4n) is 1.85. The van der Waals surface area contributed by atoms with Crippen LogP contribution in [-0.4, -0.2) is 24.3 Å². The molecular formula is C17H14FN2O5-. The van der Waals surface area contributed by atoms with Gasteiger partial charge in [0.15, 0.2) is 5.76 Å². The molecule has 130 valence electrons. The Kier molecular flexibility index (Phi) is 6.05. The summed E-state index contributed by atoms with van der Waals surface area (Å²) < 4.78 is 17.9. The van der Waals surface area contributed by atoms with Crippen LogP contribution in [0.3, 0.4) is 0 Å². The number of amides is 2. The third kappa shape index (κ3) is 5.61. The predicted molar refractivity (Wildman–Crippen MR) is 83.2 cm³/mol. The minimum atomic E-state index is -1.32. The van der Waals surface area contributed by atoms with Crippen LogP contribution in [-0.2, 0) is 9.59 Å². The zero-order valence-electron chi connectivity index (χ0n) is 13.0. The van der Waals surface area contributed by atoms with Gasteiger partial charge in [-0.2, -0.15) is 0 Å². The van der Waals surface area contributed by atoms with E-state index in [-0.39, 0.29) is 24.4 Å². The number of hydrogen-bond acceptors (Lipinski definition) is 5. The van der Waals surface area contributed by atoms with E-state index >= 15 is 0 Å². The van der Waals surface area contributed by atoms with Crippen LogP contribution in [0, 0.1) is 5.82 Å². The van der Waals surface area contributed by atoms with Gasteiger partial charge in [0.2, 0.25) is 0 Å². The van der Waals surface area contributed by atoms with Crippen molar-refractivity contribution in [2.24, 2.45) is 0 Å². The first-order chi connectivity index (χ1) is 12.0. The van der Waals surface area contributed by atoms with Crippen LogP contribution in [0.1, 0.15) is 22.5 Å². The number of benzene rings is 1. The number of aliphatic carboxylic acids is 1. The molecule has 0 fully saturated rings. The summed E-state index contributed by atoms with van der Waals surface area (Å²) in [6.07, 6.45) is 2.26. The lowest BCUT2D eigenvalue weighted by Crippen LogP contribution is -2.37. The van der Waals surface area contributed by atoms with Crippen molar-refractivity contribution >= 4 is 23.9 Å². The standard InChI is InChI=1S/C17H15FN2O5/c18-12-5-3-11(4-6-12)10-13(16(23)19-8-7-15(21)22)20-17(24)14-2-1-9-25-14/h1-6,9-10H,7-8H2,(H,19,23)(H,20,24)(H,21,22)/p-1/b13-10+. The molecule has 7 nitrogen and oxygen atoms in total. The van der Waals surface area contributed by atoms with Crippen molar-refractivity contribution in [2.45, 2.75) is 6.42 Å². The van der Waals surface area contributed by atoms with Gasteiger partial charge in [-0.25, -0.2) is 4.39 Å². The summed E-state index contributed by atoms with van der Waals surface area (Å²) in [6.45, 7) is -0.168. The highest BCUT2D eigenvalue weighted by Gasteiger charge is 2.16.